The molecule has 3 aliphatic heterocycles. The second-order valence-corrected chi connectivity index (χ2v) is 11.1. The lowest BCUT2D eigenvalue weighted by Crippen LogP contribution is -2.44. The van der Waals surface area contributed by atoms with Crippen LogP contribution in [-0.2, 0) is 23.9 Å². The molecule has 3 aliphatic rings. The number of nitrogens with zero attached hydrogens (tertiary/aromatic N) is 3. The zero-order valence-corrected chi connectivity index (χ0v) is 24.5. The van der Waals surface area contributed by atoms with Crippen LogP contribution < -0.4 is 0 Å². The molecule has 9 heteroatoms. The predicted octanol–water partition coefficient (Wildman–Crippen LogP) is 5.46. The van der Waals surface area contributed by atoms with Gasteiger partial charge in [-0.05, 0) is 44.6 Å². The van der Waals surface area contributed by atoms with Crippen molar-refractivity contribution >= 4 is 40.5 Å². The second kappa shape index (κ2) is 12.8. The summed E-state index contributed by atoms with van der Waals surface area (Å²) in [6.07, 6.45) is 1.59. The van der Waals surface area contributed by atoms with Crippen molar-refractivity contribution in [2.24, 2.45) is 10.9 Å². The van der Waals surface area contributed by atoms with E-state index in [-0.39, 0.29) is 30.8 Å². The minimum absolute atomic E-state index is 0.0642. The van der Waals surface area contributed by atoms with E-state index >= 15 is 0 Å². The molecule has 214 valence electrons. The normalized spacial score (nSPS) is 20.3. The van der Waals surface area contributed by atoms with Crippen molar-refractivity contribution < 1.29 is 23.9 Å². The Labute approximate surface area is 245 Å². The van der Waals surface area contributed by atoms with Gasteiger partial charge in [-0.3, -0.25) is 9.59 Å². The van der Waals surface area contributed by atoms with Crippen LogP contribution in [0.5, 0.6) is 0 Å². The Hall–Kier alpha value is -3.85. The largest absolute Gasteiger partial charge is 0.466 e. The van der Waals surface area contributed by atoms with Gasteiger partial charge in [0.1, 0.15) is 0 Å². The standard InChI is InChI=1S/C32H35N3O5S/c1-4-39-30(37)24-15-10-16-34(19-24)26(36)18-25-20-41-32-33-28(22-12-7-6-8-13-22)27(31(38)40-5-2)29(35(25)32)23-14-9-11-21(3)17-23/h6-9,11-14,17,20,24,29H,4-5,10,15-16,18-19H2,1-3H3/t24-,29+/m1/s1. The highest BCUT2D eigenvalue weighted by atomic mass is 32.2. The number of piperidine rings is 1. The topological polar surface area (TPSA) is 88.5 Å². The smallest absolute Gasteiger partial charge is 0.338 e. The van der Waals surface area contributed by atoms with Crippen molar-refractivity contribution in [2.75, 3.05) is 26.3 Å². The first-order valence-electron chi connectivity index (χ1n) is 14.1. The lowest BCUT2D eigenvalue weighted by atomic mass is 9.90. The van der Waals surface area contributed by atoms with E-state index in [4.69, 9.17) is 14.5 Å². The maximum absolute atomic E-state index is 13.6. The molecule has 0 bridgehead atoms. The second-order valence-electron chi connectivity index (χ2n) is 10.3. The summed E-state index contributed by atoms with van der Waals surface area (Å²) in [5, 5.41) is 2.65. The van der Waals surface area contributed by atoms with Gasteiger partial charge in [0.05, 0.1) is 42.9 Å². The third-order valence-corrected chi connectivity index (χ3v) is 8.33. The number of hydrogen-bond donors (Lipinski definition) is 0. The Balaban J connectivity index is 1.51. The average molecular weight is 574 g/mol. The summed E-state index contributed by atoms with van der Waals surface area (Å²) in [7, 11) is 0. The molecular formula is C32H35N3O5S. The molecule has 8 nitrogen and oxygen atoms in total. The van der Waals surface area contributed by atoms with Gasteiger partial charge in [-0.25, -0.2) is 9.79 Å². The zero-order valence-electron chi connectivity index (χ0n) is 23.7. The molecule has 1 saturated heterocycles. The van der Waals surface area contributed by atoms with Gasteiger partial charge in [0, 0.05) is 24.4 Å². The van der Waals surface area contributed by atoms with Gasteiger partial charge in [0.2, 0.25) is 5.91 Å². The number of likely N-dealkylation sites (tertiary alicyclic amines) is 1. The van der Waals surface area contributed by atoms with Crippen LogP contribution in [0.1, 0.15) is 55.8 Å². The van der Waals surface area contributed by atoms with Crippen molar-refractivity contribution in [2.45, 2.75) is 46.1 Å². The molecule has 0 spiro atoms. The van der Waals surface area contributed by atoms with Crippen LogP contribution in [0.4, 0.5) is 0 Å². The predicted molar refractivity (Wildman–Crippen MR) is 159 cm³/mol. The number of rotatable bonds is 8. The molecule has 2 atom stereocenters. The summed E-state index contributed by atoms with van der Waals surface area (Å²) >= 11 is 1.45. The number of aryl methyl sites for hydroxylation is 1. The van der Waals surface area contributed by atoms with Crippen molar-refractivity contribution in [3.05, 3.63) is 88.0 Å². The van der Waals surface area contributed by atoms with E-state index in [2.05, 4.69) is 6.07 Å². The number of aliphatic imine (C=N–C) groups is 1. The summed E-state index contributed by atoms with van der Waals surface area (Å²) in [5.74, 6) is -1.05. The number of hydrogen-bond acceptors (Lipinski definition) is 8. The number of esters is 2. The van der Waals surface area contributed by atoms with Crippen molar-refractivity contribution in [3.8, 4) is 0 Å². The van der Waals surface area contributed by atoms with Crippen molar-refractivity contribution in [1.82, 2.24) is 9.80 Å². The van der Waals surface area contributed by atoms with Crippen molar-refractivity contribution in [3.63, 3.8) is 0 Å². The molecule has 0 radical (unpaired) electrons. The highest BCUT2D eigenvalue weighted by Crippen LogP contribution is 2.47. The van der Waals surface area contributed by atoms with E-state index in [1.165, 1.54) is 11.8 Å². The molecule has 2 aromatic rings. The third kappa shape index (κ3) is 6.10. The Kier molecular flexibility index (Phi) is 8.93. The van der Waals surface area contributed by atoms with Gasteiger partial charge in [0.15, 0.2) is 5.17 Å². The molecule has 0 unspecified atom stereocenters. The van der Waals surface area contributed by atoms with Gasteiger partial charge < -0.3 is 19.3 Å². The van der Waals surface area contributed by atoms with Crippen LogP contribution in [0.2, 0.25) is 0 Å². The minimum atomic E-state index is -0.528. The number of carbonyl (C=O) groups excluding carboxylic acids is 3. The number of thioether (sulfide) groups is 1. The first kappa shape index (κ1) is 28.7. The monoisotopic (exact) mass is 573 g/mol. The summed E-state index contributed by atoms with van der Waals surface area (Å²) in [6.45, 7) is 7.11. The number of fused-ring (bicyclic) bond motifs is 1. The average Bonchev–Trinajstić information content (AvgIpc) is 3.39. The molecular weight excluding hydrogens is 538 g/mol. The molecule has 1 fully saturated rings. The van der Waals surface area contributed by atoms with Crippen LogP contribution in [0.25, 0.3) is 5.70 Å². The molecule has 41 heavy (non-hydrogen) atoms. The SMILES string of the molecule is CCOC(=O)C1=C(c2ccccc2)N=C2SC=C(CC(=O)N3CCC[C@@H](C(=O)OCC)C3)N2[C@H]1c1cccc(C)c1. The number of carbonyl (C=O) groups is 3. The van der Waals surface area contributed by atoms with E-state index in [0.717, 1.165) is 35.2 Å². The highest BCUT2D eigenvalue weighted by Gasteiger charge is 2.43. The molecule has 0 aliphatic carbocycles. The Morgan fingerprint density at radius 1 is 1.02 bits per heavy atom. The first-order valence-corrected chi connectivity index (χ1v) is 15.0. The fraction of sp³-hybridized carbons (Fsp3) is 0.375. The van der Waals surface area contributed by atoms with E-state index < -0.39 is 12.0 Å². The Bertz CT molecular complexity index is 1420. The molecule has 1 amide bonds. The van der Waals surface area contributed by atoms with Crippen LogP contribution in [0, 0.1) is 12.8 Å². The number of amides is 1. The van der Waals surface area contributed by atoms with E-state index in [1.54, 1.807) is 18.7 Å². The van der Waals surface area contributed by atoms with Gasteiger partial charge in [-0.1, -0.05) is 71.9 Å². The Morgan fingerprint density at radius 2 is 1.80 bits per heavy atom. The first-order chi connectivity index (χ1) is 19.9. The third-order valence-electron chi connectivity index (χ3n) is 7.44. The maximum atomic E-state index is 13.6. The molecule has 0 saturated carbocycles. The Morgan fingerprint density at radius 3 is 2.54 bits per heavy atom. The molecule has 0 N–H and O–H groups in total. The van der Waals surface area contributed by atoms with E-state index in [0.29, 0.717) is 36.1 Å². The van der Waals surface area contributed by atoms with Crippen LogP contribution in [-0.4, -0.2) is 59.1 Å². The highest BCUT2D eigenvalue weighted by molar-refractivity contribution is 8.16. The fourth-order valence-corrected chi connectivity index (χ4v) is 6.49. The lowest BCUT2D eigenvalue weighted by Gasteiger charge is -2.38. The summed E-state index contributed by atoms with van der Waals surface area (Å²) in [6, 6.07) is 17.2. The van der Waals surface area contributed by atoms with E-state index in [1.807, 2.05) is 65.8 Å². The number of benzene rings is 2. The summed E-state index contributed by atoms with van der Waals surface area (Å²) < 4.78 is 10.8. The summed E-state index contributed by atoms with van der Waals surface area (Å²) in [4.78, 5) is 48.4. The maximum Gasteiger partial charge on any atom is 0.338 e. The number of amidine groups is 1. The lowest BCUT2D eigenvalue weighted by molar-refractivity contribution is -0.151. The van der Waals surface area contributed by atoms with Crippen molar-refractivity contribution in [1.29, 1.82) is 0 Å². The molecule has 3 heterocycles. The molecule has 0 aromatic heterocycles. The van der Waals surface area contributed by atoms with Gasteiger partial charge in [-0.2, -0.15) is 0 Å². The zero-order chi connectivity index (χ0) is 28.9. The van der Waals surface area contributed by atoms with Gasteiger partial charge in [-0.15, -0.1) is 0 Å². The quantitative estimate of drug-likeness (QED) is 0.388. The van der Waals surface area contributed by atoms with E-state index in [9.17, 15) is 14.4 Å². The van der Waals surface area contributed by atoms with Crippen LogP contribution >= 0.6 is 11.8 Å². The van der Waals surface area contributed by atoms with Gasteiger partial charge in [0.25, 0.3) is 0 Å². The van der Waals surface area contributed by atoms with Gasteiger partial charge >= 0.3 is 11.9 Å². The minimum Gasteiger partial charge on any atom is -0.466 e. The number of ether oxygens (including phenoxy) is 2. The summed E-state index contributed by atoms with van der Waals surface area (Å²) in [5.41, 5.74) is 4.57. The molecule has 5 rings (SSSR count). The van der Waals surface area contributed by atoms with Crippen LogP contribution in [0.15, 0.2) is 76.3 Å². The molecule has 2 aromatic carbocycles. The fourth-order valence-electron chi connectivity index (χ4n) is 5.57. The van der Waals surface area contributed by atoms with Crippen LogP contribution in [0.3, 0.4) is 0 Å².